The Morgan fingerprint density at radius 2 is 2.22 bits per heavy atom. The average molecular weight is 269 g/mol. The van der Waals surface area contributed by atoms with Crippen LogP contribution in [0.5, 0.6) is 0 Å². The molecule has 2 atom stereocenters. The molecule has 3 N–H and O–H groups in total. The number of thiocarbonyl (C=S) groups is 1. The summed E-state index contributed by atoms with van der Waals surface area (Å²) in [5.41, 5.74) is 4.80. The van der Waals surface area contributed by atoms with Crippen LogP contribution < -0.4 is 11.1 Å². The summed E-state index contributed by atoms with van der Waals surface area (Å²) in [6, 6.07) is -0.0348. The van der Waals surface area contributed by atoms with E-state index in [-0.39, 0.29) is 28.8 Å². The summed E-state index contributed by atoms with van der Waals surface area (Å²) in [5.74, 6) is -0.0725. The first-order valence-electron chi connectivity index (χ1n) is 6.24. The highest BCUT2D eigenvalue weighted by Crippen LogP contribution is 2.31. The fraction of sp³-hybridized carbons (Fsp3) is 0.750. The molecular weight excluding hydrogens is 250 g/mol. The maximum Gasteiger partial charge on any atom is 0.235 e. The molecule has 0 radical (unpaired) electrons. The van der Waals surface area contributed by atoms with E-state index in [1.54, 1.807) is 18.7 Å². The number of carbonyl (C=O) groups is 2. The van der Waals surface area contributed by atoms with Crippen LogP contribution in [0, 0.1) is 11.3 Å². The van der Waals surface area contributed by atoms with E-state index in [4.69, 9.17) is 18.0 Å². The second-order valence-corrected chi connectivity index (χ2v) is 5.99. The highest BCUT2D eigenvalue weighted by molar-refractivity contribution is 7.80. The second-order valence-electron chi connectivity index (χ2n) is 5.55. The van der Waals surface area contributed by atoms with E-state index >= 15 is 0 Å². The maximum atomic E-state index is 12.5. The van der Waals surface area contributed by atoms with Gasteiger partial charge in [-0.25, -0.2) is 0 Å². The van der Waals surface area contributed by atoms with Gasteiger partial charge in [-0.15, -0.1) is 0 Å². The van der Waals surface area contributed by atoms with Gasteiger partial charge in [0.1, 0.15) is 0 Å². The third-order valence-corrected chi connectivity index (χ3v) is 4.52. The molecule has 0 saturated carbocycles. The minimum Gasteiger partial charge on any atom is -0.392 e. The zero-order chi connectivity index (χ0) is 13.5. The SMILES string of the molecule is CC(C)(C(=O)N1CCCC2C(=O)NCC21)C(N)=S. The van der Waals surface area contributed by atoms with E-state index in [0.717, 1.165) is 12.8 Å². The van der Waals surface area contributed by atoms with Crippen molar-refractivity contribution in [1.29, 1.82) is 0 Å². The summed E-state index contributed by atoms with van der Waals surface area (Å²) in [6.45, 7) is 4.71. The van der Waals surface area contributed by atoms with Gasteiger partial charge in [-0.2, -0.15) is 0 Å². The minimum absolute atomic E-state index is 0.0348. The van der Waals surface area contributed by atoms with Crippen LogP contribution >= 0.6 is 12.2 Å². The van der Waals surface area contributed by atoms with Crippen LogP contribution in [0.1, 0.15) is 26.7 Å². The van der Waals surface area contributed by atoms with Gasteiger partial charge in [0.05, 0.1) is 22.4 Å². The fourth-order valence-corrected chi connectivity index (χ4v) is 2.76. The van der Waals surface area contributed by atoms with E-state index in [2.05, 4.69) is 5.32 Å². The quantitative estimate of drug-likeness (QED) is 0.694. The summed E-state index contributed by atoms with van der Waals surface area (Å²) in [6.07, 6.45) is 1.71. The first-order valence-corrected chi connectivity index (χ1v) is 6.65. The molecule has 2 saturated heterocycles. The number of piperidine rings is 1. The smallest absolute Gasteiger partial charge is 0.235 e. The number of hydrogen-bond donors (Lipinski definition) is 2. The minimum atomic E-state index is -0.844. The number of rotatable bonds is 2. The molecule has 0 spiro atoms. The van der Waals surface area contributed by atoms with Crippen molar-refractivity contribution in [3.63, 3.8) is 0 Å². The molecule has 6 heteroatoms. The van der Waals surface area contributed by atoms with Gasteiger partial charge in [0, 0.05) is 13.1 Å². The van der Waals surface area contributed by atoms with Crippen LogP contribution in [0.25, 0.3) is 0 Å². The van der Waals surface area contributed by atoms with E-state index in [9.17, 15) is 9.59 Å². The predicted molar refractivity (Wildman–Crippen MR) is 71.8 cm³/mol. The number of hydrogen-bond acceptors (Lipinski definition) is 3. The summed E-state index contributed by atoms with van der Waals surface area (Å²) in [4.78, 5) is 26.2. The van der Waals surface area contributed by atoms with Crippen molar-refractivity contribution < 1.29 is 9.59 Å². The molecule has 2 rings (SSSR count). The van der Waals surface area contributed by atoms with Crippen molar-refractivity contribution in [2.24, 2.45) is 17.1 Å². The largest absolute Gasteiger partial charge is 0.392 e. The topological polar surface area (TPSA) is 75.4 Å². The van der Waals surface area contributed by atoms with Crippen LogP contribution in [0.15, 0.2) is 0 Å². The number of nitrogens with two attached hydrogens (primary N) is 1. The Hall–Kier alpha value is -1.17. The predicted octanol–water partition coefficient (Wildman–Crippen LogP) is 0.0357. The molecule has 0 aromatic carbocycles. The van der Waals surface area contributed by atoms with E-state index < -0.39 is 5.41 Å². The van der Waals surface area contributed by atoms with Gasteiger partial charge in [0.2, 0.25) is 11.8 Å². The highest BCUT2D eigenvalue weighted by Gasteiger charge is 2.46. The monoisotopic (exact) mass is 269 g/mol. The Labute approximate surface area is 112 Å². The summed E-state index contributed by atoms with van der Waals surface area (Å²) in [5, 5.41) is 2.83. The zero-order valence-electron chi connectivity index (χ0n) is 10.7. The third-order valence-electron chi connectivity index (χ3n) is 4.01. The molecule has 100 valence electrons. The van der Waals surface area contributed by atoms with E-state index in [0.29, 0.717) is 13.1 Å². The molecule has 18 heavy (non-hydrogen) atoms. The average Bonchev–Trinajstić information content (AvgIpc) is 2.70. The lowest BCUT2D eigenvalue weighted by atomic mass is 9.86. The van der Waals surface area contributed by atoms with Gasteiger partial charge >= 0.3 is 0 Å². The van der Waals surface area contributed by atoms with Gasteiger partial charge < -0.3 is 16.0 Å². The zero-order valence-corrected chi connectivity index (χ0v) is 11.5. The Balaban J connectivity index is 2.20. The summed E-state index contributed by atoms with van der Waals surface area (Å²) in [7, 11) is 0. The maximum absolute atomic E-state index is 12.5. The second kappa shape index (κ2) is 4.50. The third kappa shape index (κ3) is 1.98. The molecule has 0 bridgehead atoms. The van der Waals surface area contributed by atoms with Crippen LogP contribution in [0.2, 0.25) is 0 Å². The van der Waals surface area contributed by atoms with Crippen LogP contribution in [-0.4, -0.2) is 40.8 Å². The number of nitrogens with one attached hydrogen (secondary N) is 1. The molecule has 2 aliphatic rings. The van der Waals surface area contributed by atoms with Crippen molar-refractivity contribution in [3.05, 3.63) is 0 Å². The first kappa shape index (κ1) is 13.3. The Kier molecular flexibility index (Phi) is 3.31. The van der Waals surface area contributed by atoms with Crippen molar-refractivity contribution in [2.75, 3.05) is 13.1 Å². The lowest BCUT2D eigenvalue weighted by molar-refractivity contribution is -0.142. The lowest BCUT2D eigenvalue weighted by Crippen LogP contribution is -2.55. The van der Waals surface area contributed by atoms with E-state index in [1.807, 2.05) is 0 Å². The lowest BCUT2D eigenvalue weighted by Gasteiger charge is -2.40. The molecular formula is C12H19N3O2S. The van der Waals surface area contributed by atoms with Crippen molar-refractivity contribution in [3.8, 4) is 0 Å². The number of fused-ring (bicyclic) bond motifs is 1. The van der Waals surface area contributed by atoms with Crippen LogP contribution in [-0.2, 0) is 9.59 Å². The van der Waals surface area contributed by atoms with Crippen molar-refractivity contribution in [2.45, 2.75) is 32.7 Å². The van der Waals surface area contributed by atoms with E-state index in [1.165, 1.54) is 0 Å². The fourth-order valence-electron chi connectivity index (χ4n) is 2.67. The molecule has 0 aromatic rings. The molecule has 2 unspecified atom stereocenters. The molecule has 5 nitrogen and oxygen atoms in total. The molecule has 0 aliphatic carbocycles. The number of carbonyl (C=O) groups excluding carboxylic acids is 2. The number of nitrogens with zero attached hydrogens (tertiary/aromatic N) is 1. The number of amides is 2. The van der Waals surface area contributed by atoms with Gasteiger partial charge in [-0.3, -0.25) is 9.59 Å². The van der Waals surface area contributed by atoms with Crippen molar-refractivity contribution >= 4 is 29.0 Å². The van der Waals surface area contributed by atoms with Gasteiger partial charge in [-0.1, -0.05) is 12.2 Å². The van der Waals surface area contributed by atoms with Crippen molar-refractivity contribution in [1.82, 2.24) is 10.2 Å². The Morgan fingerprint density at radius 3 is 2.83 bits per heavy atom. The molecule has 2 heterocycles. The van der Waals surface area contributed by atoms with Gasteiger partial charge in [0.25, 0.3) is 0 Å². The number of likely N-dealkylation sites (tertiary alicyclic amines) is 1. The van der Waals surface area contributed by atoms with Gasteiger partial charge in [-0.05, 0) is 26.7 Å². The van der Waals surface area contributed by atoms with Crippen LogP contribution in [0.3, 0.4) is 0 Å². The molecule has 0 aromatic heterocycles. The standard InChI is InChI=1S/C12H19N3O2S/c1-12(2,10(13)18)11(17)15-5-3-4-7-8(15)6-14-9(7)16/h7-8H,3-6H2,1-2H3,(H2,13,18)(H,14,16). The molecule has 2 aliphatic heterocycles. The van der Waals surface area contributed by atoms with Crippen LogP contribution in [0.4, 0.5) is 0 Å². The van der Waals surface area contributed by atoms with Gasteiger partial charge in [0.15, 0.2) is 0 Å². The molecule has 2 amide bonds. The molecule has 2 fully saturated rings. The summed E-state index contributed by atoms with van der Waals surface area (Å²) < 4.78 is 0. The Bertz CT molecular complexity index is 408. The summed E-state index contributed by atoms with van der Waals surface area (Å²) >= 11 is 4.97. The Morgan fingerprint density at radius 1 is 1.56 bits per heavy atom. The highest BCUT2D eigenvalue weighted by atomic mass is 32.1. The normalized spacial score (nSPS) is 27.7. The first-order chi connectivity index (χ1) is 8.35.